The van der Waals surface area contributed by atoms with Crippen molar-refractivity contribution in [1.82, 2.24) is 0 Å². The van der Waals surface area contributed by atoms with E-state index in [9.17, 15) is 0 Å². The molecule has 0 aliphatic rings. The number of hydrogen-bond donors (Lipinski definition) is 0. The molecule has 0 radical (unpaired) electrons. The van der Waals surface area contributed by atoms with Crippen LogP contribution in [0.1, 0.15) is 18.4 Å². The van der Waals surface area contributed by atoms with Crippen molar-refractivity contribution in [2.75, 3.05) is 6.61 Å². The zero-order chi connectivity index (χ0) is 11.1. The quantitative estimate of drug-likeness (QED) is 0.733. The summed E-state index contributed by atoms with van der Waals surface area (Å²) in [6.07, 6.45) is 1.11. The second kappa shape index (κ2) is 5.90. The number of nitrogens with zero attached hydrogens (tertiary/aromatic N) is 2. The van der Waals surface area contributed by atoms with E-state index in [-0.39, 0.29) is 0 Å². The third kappa shape index (κ3) is 3.50. The van der Waals surface area contributed by atoms with Crippen LogP contribution in [0.25, 0.3) is 0 Å². The van der Waals surface area contributed by atoms with E-state index in [0.717, 1.165) is 0 Å². The van der Waals surface area contributed by atoms with Gasteiger partial charge in [-0.15, -0.1) is 0 Å². The molecule has 1 aromatic carbocycles. The first kappa shape index (κ1) is 11.4. The average molecular weight is 221 g/mol. The Morgan fingerprint density at radius 2 is 2.13 bits per heavy atom. The van der Waals surface area contributed by atoms with Crippen LogP contribution in [-0.2, 0) is 0 Å². The lowest BCUT2D eigenvalue weighted by molar-refractivity contribution is 0.312. The molecule has 3 nitrogen and oxygen atoms in total. The SMILES string of the molecule is N#CCCCOc1ccc(Cl)cc1C#N. The zero-order valence-corrected chi connectivity index (χ0v) is 8.79. The summed E-state index contributed by atoms with van der Waals surface area (Å²) in [7, 11) is 0. The van der Waals surface area contributed by atoms with Crippen LogP contribution >= 0.6 is 11.6 Å². The smallest absolute Gasteiger partial charge is 0.137 e. The number of ether oxygens (including phenoxy) is 1. The molecule has 0 N–H and O–H groups in total. The van der Waals surface area contributed by atoms with Gasteiger partial charge in [0.2, 0.25) is 0 Å². The summed E-state index contributed by atoms with van der Waals surface area (Å²) in [6, 6.07) is 8.91. The van der Waals surface area contributed by atoms with Crippen LogP contribution in [0.3, 0.4) is 0 Å². The van der Waals surface area contributed by atoms with E-state index in [1.807, 2.05) is 12.1 Å². The Morgan fingerprint density at radius 3 is 2.80 bits per heavy atom. The van der Waals surface area contributed by atoms with Gasteiger partial charge in [-0.05, 0) is 24.6 Å². The van der Waals surface area contributed by atoms with Crippen LogP contribution < -0.4 is 4.74 Å². The molecular weight excluding hydrogens is 212 g/mol. The van der Waals surface area contributed by atoms with Gasteiger partial charge in [0, 0.05) is 11.4 Å². The first-order valence-corrected chi connectivity index (χ1v) is 4.85. The van der Waals surface area contributed by atoms with Crippen molar-refractivity contribution < 1.29 is 4.74 Å². The van der Waals surface area contributed by atoms with Crippen LogP contribution in [0.2, 0.25) is 5.02 Å². The minimum absolute atomic E-state index is 0.416. The minimum atomic E-state index is 0.416. The number of benzene rings is 1. The molecule has 0 fully saturated rings. The lowest BCUT2D eigenvalue weighted by Gasteiger charge is -2.06. The fourth-order valence-corrected chi connectivity index (χ4v) is 1.22. The Balaban J connectivity index is 2.62. The fraction of sp³-hybridized carbons (Fsp3) is 0.273. The van der Waals surface area contributed by atoms with E-state index < -0.39 is 0 Å². The molecule has 15 heavy (non-hydrogen) atoms. The number of halogens is 1. The second-order valence-electron chi connectivity index (χ2n) is 2.86. The van der Waals surface area contributed by atoms with Gasteiger partial charge in [0.25, 0.3) is 0 Å². The predicted molar refractivity (Wildman–Crippen MR) is 56.5 cm³/mol. The van der Waals surface area contributed by atoms with Gasteiger partial charge in [-0.1, -0.05) is 11.6 Å². The Labute approximate surface area is 93.5 Å². The maximum absolute atomic E-state index is 8.80. The summed E-state index contributed by atoms with van der Waals surface area (Å²) < 4.78 is 5.35. The van der Waals surface area contributed by atoms with E-state index in [4.69, 9.17) is 26.9 Å². The molecule has 0 bridgehead atoms. The van der Waals surface area contributed by atoms with E-state index in [1.165, 1.54) is 0 Å². The molecule has 1 aromatic rings. The van der Waals surface area contributed by atoms with Crippen molar-refractivity contribution in [2.24, 2.45) is 0 Å². The van der Waals surface area contributed by atoms with Gasteiger partial charge in [0.15, 0.2) is 0 Å². The van der Waals surface area contributed by atoms with Gasteiger partial charge in [0.1, 0.15) is 11.8 Å². The molecule has 0 spiro atoms. The van der Waals surface area contributed by atoms with Gasteiger partial charge in [-0.3, -0.25) is 0 Å². The Bertz CT molecular complexity index is 418. The molecule has 0 saturated carbocycles. The van der Waals surface area contributed by atoms with E-state index in [1.54, 1.807) is 18.2 Å². The Kier molecular flexibility index (Phi) is 4.47. The van der Waals surface area contributed by atoms with Crippen LogP contribution in [0.4, 0.5) is 0 Å². The third-order valence-electron chi connectivity index (χ3n) is 1.75. The molecule has 1 rings (SSSR count). The van der Waals surface area contributed by atoms with Crippen LogP contribution in [0.5, 0.6) is 5.75 Å². The molecule has 76 valence electrons. The average Bonchev–Trinajstić information content (AvgIpc) is 2.26. The van der Waals surface area contributed by atoms with Crippen molar-refractivity contribution in [3.8, 4) is 17.9 Å². The van der Waals surface area contributed by atoms with Crippen molar-refractivity contribution >= 4 is 11.6 Å². The number of rotatable bonds is 4. The van der Waals surface area contributed by atoms with Gasteiger partial charge >= 0.3 is 0 Å². The molecule has 0 aromatic heterocycles. The zero-order valence-electron chi connectivity index (χ0n) is 8.03. The molecule has 4 heteroatoms. The minimum Gasteiger partial charge on any atom is -0.492 e. The summed E-state index contributed by atoms with van der Waals surface area (Å²) in [4.78, 5) is 0. The third-order valence-corrected chi connectivity index (χ3v) is 1.99. The predicted octanol–water partition coefficient (Wildman–Crippen LogP) is 2.89. The highest BCUT2D eigenvalue weighted by atomic mass is 35.5. The second-order valence-corrected chi connectivity index (χ2v) is 3.30. The molecule has 0 aliphatic carbocycles. The van der Waals surface area contributed by atoms with Crippen LogP contribution in [0, 0.1) is 22.7 Å². The Hall–Kier alpha value is -1.71. The highest BCUT2D eigenvalue weighted by Crippen LogP contribution is 2.22. The summed E-state index contributed by atoms with van der Waals surface area (Å²) in [6.45, 7) is 0.434. The first-order valence-electron chi connectivity index (χ1n) is 4.47. The number of nitriles is 2. The molecule has 0 amide bonds. The topological polar surface area (TPSA) is 56.8 Å². The lowest BCUT2D eigenvalue weighted by atomic mass is 10.2. The fourth-order valence-electron chi connectivity index (χ4n) is 1.05. The molecule has 0 unspecified atom stereocenters. The van der Waals surface area contributed by atoms with Crippen molar-refractivity contribution in [1.29, 1.82) is 10.5 Å². The summed E-state index contributed by atoms with van der Waals surface area (Å²) in [5.41, 5.74) is 0.416. The van der Waals surface area contributed by atoms with Crippen molar-refractivity contribution in [3.05, 3.63) is 28.8 Å². The molecule has 0 saturated heterocycles. The normalized spacial score (nSPS) is 9.00. The molecular formula is C11H9ClN2O. The Morgan fingerprint density at radius 1 is 1.33 bits per heavy atom. The highest BCUT2D eigenvalue weighted by Gasteiger charge is 2.03. The summed E-state index contributed by atoms with van der Waals surface area (Å²) in [5.74, 6) is 0.514. The van der Waals surface area contributed by atoms with E-state index in [2.05, 4.69) is 0 Å². The number of hydrogen-bond acceptors (Lipinski definition) is 3. The maximum atomic E-state index is 8.80. The van der Waals surface area contributed by atoms with Gasteiger partial charge in [-0.2, -0.15) is 10.5 Å². The molecule has 0 atom stereocenters. The molecule has 0 heterocycles. The van der Waals surface area contributed by atoms with E-state index >= 15 is 0 Å². The van der Waals surface area contributed by atoms with Gasteiger partial charge in [0.05, 0.1) is 18.2 Å². The largest absolute Gasteiger partial charge is 0.492 e. The number of unbranched alkanes of at least 4 members (excludes halogenated alkanes) is 1. The highest BCUT2D eigenvalue weighted by molar-refractivity contribution is 6.30. The standard InChI is InChI=1S/C11H9ClN2O/c12-10-3-4-11(9(7-10)8-14)15-6-2-1-5-13/h3-4,7H,1-2,6H2. The van der Waals surface area contributed by atoms with Gasteiger partial charge < -0.3 is 4.74 Å². The van der Waals surface area contributed by atoms with Crippen molar-refractivity contribution in [3.63, 3.8) is 0 Å². The van der Waals surface area contributed by atoms with E-state index in [0.29, 0.717) is 35.8 Å². The van der Waals surface area contributed by atoms with Crippen molar-refractivity contribution in [2.45, 2.75) is 12.8 Å². The monoisotopic (exact) mass is 220 g/mol. The van der Waals surface area contributed by atoms with Crippen LogP contribution in [-0.4, -0.2) is 6.61 Å². The maximum Gasteiger partial charge on any atom is 0.137 e. The summed E-state index contributed by atoms with van der Waals surface area (Å²) >= 11 is 5.73. The molecule has 0 aliphatic heterocycles. The lowest BCUT2D eigenvalue weighted by Crippen LogP contribution is -1.98. The van der Waals surface area contributed by atoms with Gasteiger partial charge in [-0.25, -0.2) is 0 Å². The first-order chi connectivity index (χ1) is 7.27. The summed E-state index contributed by atoms with van der Waals surface area (Å²) in [5, 5.41) is 17.6. The van der Waals surface area contributed by atoms with Crippen LogP contribution in [0.15, 0.2) is 18.2 Å².